The van der Waals surface area contributed by atoms with Crippen LogP contribution in [0.3, 0.4) is 0 Å². The van der Waals surface area contributed by atoms with Gasteiger partial charge < -0.3 is 9.80 Å². The predicted octanol–water partition coefficient (Wildman–Crippen LogP) is 3.48. The summed E-state index contributed by atoms with van der Waals surface area (Å²) in [5, 5.41) is 0. The Balaban J connectivity index is 1.76. The molecule has 0 aromatic heterocycles. The van der Waals surface area contributed by atoms with Gasteiger partial charge in [-0.05, 0) is 49.2 Å². The number of hydrogen-bond acceptors (Lipinski definition) is 2. The first-order valence-electron chi connectivity index (χ1n) is 7.90. The number of piperidine rings is 1. The zero-order chi connectivity index (χ0) is 16.2. The molecule has 1 aliphatic rings. The summed E-state index contributed by atoms with van der Waals surface area (Å²) in [6, 6.07) is 16.8. The molecule has 0 spiro atoms. The molecule has 1 heterocycles. The van der Waals surface area contributed by atoms with E-state index in [2.05, 4.69) is 0 Å². The maximum absolute atomic E-state index is 12.5. The van der Waals surface area contributed by atoms with E-state index in [9.17, 15) is 9.59 Å². The molecule has 0 N–H and O–H groups in total. The van der Waals surface area contributed by atoms with E-state index in [1.807, 2.05) is 42.5 Å². The molecular weight excluding hydrogens is 288 g/mol. The van der Waals surface area contributed by atoms with Crippen LogP contribution in [-0.4, -0.2) is 25.4 Å². The smallest absolute Gasteiger partial charge is 0.258 e. The van der Waals surface area contributed by atoms with Crippen LogP contribution in [0.1, 0.15) is 29.6 Å². The molecule has 3 rings (SSSR count). The summed E-state index contributed by atoms with van der Waals surface area (Å²) in [7, 11) is 1.76. The minimum atomic E-state index is -0.0623. The number of nitrogens with zero attached hydrogens (tertiary/aromatic N) is 2. The summed E-state index contributed by atoms with van der Waals surface area (Å²) in [6.45, 7) is 0.760. The monoisotopic (exact) mass is 308 g/mol. The molecule has 0 saturated carbocycles. The van der Waals surface area contributed by atoms with Crippen molar-refractivity contribution in [2.24, 2.45) is 0 Å². The zero-order valence-electron chi connectivity index (χ0n) is 13.2. The third-order valence-corrected chi connectivity index (χ3v) is 4.20. The lowest BCUT2D eigenvalue weighted by atomic mass is 10.1. The van der Waals surface area contributed by atoms with Crippen molar-refractivity contribution in [2.75, 3.05) is 23.4 Å². The van der Waals surface area contributed by atoms with Gasteiger partial charge in [-0.1, -0.05) is 18.2 Å². The number of amides is 2. The topological polar surface area (TPSA) is 40.6 Å². The Kier molecular flexibility index (Phi) is 4.42. The van der Waals surface area contributed by atoms with Crippen LogP contribution in [0.5, 0.6) is 0 Å². The average molecular weight is 308 g/mol. The molecule has 0 radical (unpaired) electrons. The second-order valence-electron chi connectivity index (χ2n) is 5.75. The van der Waals surface area contributed by atoms with Gasteiger partial charge in [0.15, 0.2) is 0 Å². The van der Waals surface area contributed by atoms with Crippen LogP contribution in [0.25, 0.3) is 0 Å². The number of benzene rings is 2. The van der Waals surface area contributed by atoms with E-state index >= 15 is 0 Å². The molecule has 0 bridgehead atoms. The molecule has 0 unspecified atom stereocenters. The van der Waals surface area contributed by atoms with Crippen molar-refractivity contribution in [1.82, 2.24) is 0 Å². The molecule has 1 fully saturated rings. The molecule has 0 atom stereocenters. The molecule has 2 aromatic rings. The van der Waals surface area contributed by atoms with Gasteiger partial charge in [0.25, 0.3) is 5.91 Å². The van der Waals surface area contributed by atoms with Crippen molar-refractivity contribution < 1.29 is 9.59 Å². The van der Waals surface area contributed by atoms with Gasteiger partial charge in [-0.25, -0.2) is 0 Å². The fraction of sp³-hybridized carbons (Fsp3) is 0.263. The van der Waals surface area contributed by atoms with Gasteiger partial charge in [-0.2, -0.15) is 0 Å². The summed E-state index contributed by atoms with van der Waals surface area (Å²) in [5.41, 5.74) is 2.34. The van der Waals surface area contributed by atoms with Gasteiger partial charge in [-0.3, -0.25) is 9.59 Å². The van der Waals surface area contributed by atoms with Crippen LogP contribution >= 0.6 is 0 Å². The first-order valence-corrected chi connectivity index (χ1v) is 7.90. The van der Waals surface area contributed by atoms with Crippen LogP contribution in [0.4, 0.5) is 11.4 Å². The Labute approximate surface area is 136 Å². The molecule has 4 heteroatoms. The van der Waals surface area contributed by atoms with Crippen molar-refractivity contribution in [1.29, 1.82) is 0 Å². The van der Waals surface area contributed by atoms with E-state index in [-0.39, 0.29) is 11.8 Å². The van der Waals surface area contributed by atoms with E-state index in [1.54, 1.807) is 29.0 Å². The van der Waals surface area contributed by atoms with Gasteiger partial charge in [0.2, 0.25) is 5.91 Å². The number of para-hydroxylation sites is 1. The highest BCUT2D eigenvalue weighted by Gasteiger charge is 2.20. The first-order chi connectivity index (χ1) is 11.2. The number of rotatable bonds is 3. The van der Waals surface area contributed by atoms with Crippen molar-refractivity contribution in [3.05, 3.63) is 60.2 Å². The van der Waals surface area contributed by atoms with Gasteiger partial charge in [-0.15, -0.1) is 0 Å². The summed E-state index contributed by atoms with van der Waals surface area (Å²) < 4.78 is 0. The van der Waals surface area contributed by atoms with Crippen molar-refractivity contribution in [3.8, 4) is 0 Å². The fourth-order valence-electron chi connectivity index (χ4n) is 2.83. The molecule has 1 aliphatic heterocycles. The van der Waals surface area contributed by atoms with Crippen molar-refractivity contribution in [3.63, 3.8) is 0 Å². The number of carbonyl (C=O) groups is 2. The van der Waals surface area contributed by atoms with Gasteiger partial charge >= 0.3 is 0 Å². The third-order valence-electron chi connectivity index (χ3n) is 4.20. The summed E-state index contributed by atoms with van der Waals surface area (Å²) >= 11 is 0. The maximum atomic E-state index is 12.5. The Morgan fingerprint density at radius 2 is 1.70 bits per heavy atom. The minimum Gasteiger partial charge on any atom is -0.312 e. The molecule has 0 aliphatic carbocycles. The van der Waals surface area contributed by atoms with E-state index in [1.165, 1.54) is 0 Å². The number of anilines is 2. The van der Waals surface area contributed by atoms with Crippen LogP contribution in [-0.2, 0) is 4.79 Å². The summed E-state index contributed by atoms with van der Waals surface area (Å²) in [6.07, 6.45) is 2.61. The summed E-state index contributed by atoms with van der Waals surface area (Å²) in [4.78, 5) is 27.9. The average Bonchev–Trinajstić information content (AvgIpc) is 2.62. The molecule has 2 aromatic carbocycles. The molecule has 23 heavy (non-hydrogen) atoms. The van der Waals surface area contributed by atoms with Crippen molar-refractivity contribution in [2.45, 2.75) is 19.3 Å². The zero-order valence-corrected chi connectivity index (χ0v) is 13.2. The Bertz CT molecular complexity index is 695. The number of carbonyl (C=O) groups excluding carboxylic acids is 2. The van der Waals surface area contributed by atoms with E-state index in [4.69, 9.17) is 0 Å². The minimum absolute atomic E-state index is 0.0623. The third kappa shape index (κ3) is 3.26. The SMILES string of the molecule is CN(C(=O)c1ccc(N2CCCCC2=O)cc1)c1ccccc1. The molecule has 2 amide bonds. The molecule has 4 nitrogen and oxygen atoms in total. The van der Waals surface area contributed by atoms with Crippen LogP contribution in [0.2, 0.25) is 0 Å². The predicted molar refractivity (Wildman–Crippen MR) is 91.8 cm³/mol. The van der Waals surface area contributed by atoms with Gasteiger partial charge in [0, 0.05) is 37.0 Å². The van der Waals surface area contributed by atoms with E-state index < -0.39 is 0 Å². The standard InChI is InChI=1S/C19H20N2O2/c1-20(16-7-3-2-4-8-16)19(23)15-10-12-17(13-11-15)21-14-6-5-9-18(21)22/h2-4,7-8,10-13H,5-6,9,14H2,1H3. The van der Waals surface area contributed by atoms with E-state index in [0.29, 0.717) is 12.0 Å². The van der Waals surface area contributed by atoms with Gasteiger partial charge in [0.05, 0.1) is 0 Å². The van der Waals surface area contributed by atoms with Crippen LogP contribution < -0.4 is 9.80 Å². The summed E-state index contributed by atoms with van der Waals surface area (Å²) in [5.74, 6) is 0.101. The normalized spacial score (nSPS) is 14.7. The lowest BCUT2D eigenvalue weighted by Gasteiger charge is -2.27. The Morgan fingerprint density at radius 3 is 2.35 bits per heavy atom. The van der Waals surface area contributed by atoms with Crippen LogP contribution in [0.15, 0.2) is 54.6 Å². The Hall–Kier alpha value is -2.62. The second-order valence-corrected chi connectivity index (χ2v) is 5.75. The highest BCUT2D eigenvalue weighted by Crippen LogP contribution is 2.22. The molecule has 1 saturated heterocycles. The lowest BCUT2D eigenvalue weighted by Crippen LogP contribution is -2.35. The highest BCUT2D eigenvalue weighted by molar-refractivity contribution is 6.06. The van der Waals surface area contributed by atoms with E-state index in [0.717, 1.165) is 30.8 Å². The molecular formula is C19H20N2O2. The highest BCUT2D eigenvalue weighted by atomic mass is 16.2. The number of hydrogen-bond donors (Lipinski definition) is 0. The quantitative estimate of drug-likeness (QED) is 0.871. The Morgan fingerprint density at radius 1 is 1.00 bits per heavy atom. The van der Waals surface area contributed by atoms with Gasteiger partial charge in [0.1, 0.15) is 0 Å². The lowest BCUT2D eigenvalue weighted by molar-refractivity contribution is -0.119. The van der Waals surface area contributed by atoms with Crippen LogP contribution in [0, 0.1) is 0 Å². The first kappa shape index (κ1) is 15.3. The largest absolute Gasteiger partial charge is 0.312 e. The second kappa shape index (κ2) is 6.65. The maximum Gasteiger partial charge on any atom is 0.258 e. The fourth-order valence-corrected chi connectivity index (χ4v) is 2.83. The molecule has 118 valence electrons. The van der Waals surface area contributed by atoms with Crippen molar-refractivity contribution >= 4 is 23.2 Å².